The minimum absolute atomic E-state index is 0.0927. The number of halogens is 1. The van der Waals surface area contributed by atoms with Crippen molar-refractivity contribution in [2.24, 2.45) is 5.73 Å². The van der Waals surface area contributed by atoms with Gasteiger partial charge in [-0.15, -0.1) is 6.58 Å². The number of amides is 1. The molecule has 1 unspecified atom stereocenters. The Morgan fingerprint density at radius 2 is 2.35 bits per heavy atom. The Bertz CT molecular complexity index is 406. The zero-order valence-electron chi connectivity index (χ0n) is 9.90. The van der Waals surface area contributed by atoms with Gasteiger partial charge in [0.15, 0.2) is 0 Å². The molecule has 0 spiro atoms. The predicted octanol–water partition coefficient (Wildman–Crippen LogP) is 2.20. The lowest BCUT2D eigenvalue weighted by atomic mass is 10.1. The molecular weight excluding hydrogens is 236 g/mol. The molecule has 1 aromatic carbocycles. The van der Waals surface area contributed by atoms with Gasteiger partial charge in [0.1, 0.15) is 0 Å². The lowest BCUT2D eigenvalue weighted by Crippen LogP contribution is -2.41. The molecule has 0 saturated carbocycles. The number of carbonyl (C=O) groups is 1. The maximum Gasteiger partial charge on any atom is 0.239 e. The third-order valence-corrected chi connectivity index (χ3v) is 2.66. The number of rotatable bonds is 5. The molecule has 17 heavy (non-hydrogen) atoms. The molecule has 0 heterocycles. The zero-order valence-corrected chi connectivity index (χ0v) is 10.7. The SMILES string of the molecule is C=CCC(N)C(=O)N(C)Cc1cccc(Cl)c1. The predicted molar refractivity (Wildman–Crippen MR) is 70.7 cm³/mol. The number of carbonyl (C=O) groups excluding carboxylic acids is 1. The van der Waals surface area contributed by atoms with Crippen molar-refractivity contribution in [3.05, 3.63) is 47.5 Å². The van der Waals surface area contributed by atoms with Gasteiger partial charge in [0, 0.05) is 18.6 Å². The summed E-state index contributed by atoms with van der Waals surface area (Å²) < 4.78 is 0. The summed E-state index contributed by atoms with van der Waals surface area (Å²) in [5.74, 6) is -0.0927. The van der Waals surface area contributed by atoms with Crippen LogP contribution in [0.4, 0.5) is 0 Å². The molecule has 1 rings (SSSR count). The number of nitrogens with two attached hydrogens (primary N) is 1. The minimum Gasteiger partial charge on any atom is -0.340 e. The van der Waals surface area contributed by atoms with E-state index in [1.165, 1.54) is 0 Å². The van der Waals surface area contributed by atoms with Crippen LogP contribution >= 0.6 is 11.6 Å². The van der Waals surface area contributed by atoms with Crippen LogP contribution in [0.5, 0.6) is 0 Å². The third-order valence-electron chi connectivity index (χ3n) is 2.42. The summed E-state index contributed by atoms with van der Waals surface area (Å²) in [6, 6.07) is 6.91. The second-order valence-electron chi connectivity index (χ2n) is 3.96. The van der Waals surface area contributed by atoms with Crippen LogP contribution in [-0.4, -0.2) is 23.9 Å². The zero-order chi connectivity index (χ0) is 12.8. The van der Waals surface area contributed by atoms with Crippen LogP contribution in [0.15, 0.2) is 36.9 Å². The fraction of sp³-hybridized carbons (Fsp3) is 0.308. The van der Waals surface area contributed by atoms with E-state index < -0.39 is 6.04 Å². The van der Waals surface area contributed by atoms with E-state index in [0.29, 0.717) is 18.0 Å². The molecule has 1 atom stereocenters. The normalized spacial score (nSPS) is 11.9. The van der Waals surface area contributed by atoms with E-state index in [9.17, 15) is 4.79 Å². The Hall–Kier alpha value is -1.32. The molecule has 4 heteroatoms. The fourth-order valence-electron chi connectivity index (χ4n) is 1.55. The summed E-state index contributed by atoms with van der Waals surface area (Å²) in [6.45, 7) is 4.07. The van der Waals surface area contributed by atoms with E-state index in [2.05, 4.69) is 6.58 Å². The van der Waals surface area contributed by atoms with Crippen molar-refractivity contribution < 1.29 is 4.79 Å². The topological polar surface area (TPSA) is 46.3 Å². The van der Waals surface area contributed by atoms with E-state index >= 15 is 0 Å². The lowest BCUT2D eigenvalue weighted by Gasteiger charge is -2.20. The maximum atomic E-state index is 11.8. The first kappa shape index (κ1) is 13.7. The van der Waals surface area contributed by atoms with Gasteiger partial charge in [-0.25, -0.2) is 0 Å². The van der Waals surface area contributed by atoms with Crippen LogP contribution in [0.2, 0.25) is 5.02 Å². The molecular formula is C13H17ClN2O. The molecule has 0 radical (unpaired) electrons. The van der Waals surface area contributed by atoms with E-state index in [1.54, 1.807) is 24.1 Å². The highest BCUT2D eigenvalue weighted by Gasteiger charge is 2.16. The lowest BCUT2D eigenvalue weighted by molar-refractivity contribution is -0.131. The van der Waals surface area contributed by atoms with Crippen molar-refractivity contribution in [2.45, 2.75) is 19.0 Å². The second-order valence-corrected chi connectivity index (χ2v) is 4.39. The van der Waals surface area contributed by atoms with Crippen molar-refractivity contribution in [3.63, 3.8) is 0 Å². The fourth-order valence-corrected chi connectivity index (χ4v) is 1.76. The molecule has 0 saturated heterocycles. The van der Waals surface area contributed by atoms with Gasteiger partial charge in [0.05, 0.1) is 6.04 Å². The summed E-state index contributed by atoms with van der Waals surface area (Å²) in [5.41, 5.74) is 6.71. The summed E-state index contributed by atoms with van der Waals surface area (Å²) in [7, 11) is 1.73. The van der Waals surface area contributed by atoms with Gasteiger partial charge >= 0.3 is 0 Å². The Kier molecular flexibility index (Phi) is 5.19. The van der Waals surface area contributed by atoms with Gasteiger partial charge in [-0.3, -0.25) is 4.79 Å². The van der Waals surface area contributed by atoms with Crippen molar-refractivity contribution in [3.8, 4) is 0 Å². The summed E-state index contributed by atoms with van der Waals surface area (Å²) in [5, 5.41) is 0.665. The first-order chi connectivity index (χ1) is 8.04. The van der Waals surface area contributed by atoms with Crippen molar-refractivity contribution in [2.75, 3.05) is 7.05 Å². The molecule has 3 nitrogen and oxygen atoms in total. The highest BCUT2D eigenvalue weighted by molar-refractivity contribution is 6.30. The molecule has 0 bridgehead atoms. The van der Waals surface area contributed by atoms with Crippen molar-refractivity contribution >= 4 is 17.5 Å². The monoisotopic (exact) mass is 252 g/mol. The van der Waals surface area contributed by atoms with E-state index in [1.807, 2.05) is 18.2 Å². The maximum absolute atomic E-state index is 11.8. The molecule has 0 fully saturated rings. The third kappa shape index (κ3) is 4.21. The summed E-state index contributed by atoms with van der Waals surface area (Å²) in [4.78, 5) is 13.4. The number of benzene rings is 1. The Morgan fingerprint density at radius 1 is 1.65 bits per heavy atom. The Balaban J connectivity index is 2.62. The Labute approximate surface area is 107 Å². The smallest absolute Gasteiger partial charge is 0.239 e. The second kappa shape index (κ2) is 6.42. The van der Waals surface area contributed by atoms with Gasteiger partial charge in [-0.1, -0.05) is 29.8 Å². The molecule has 0 aliphatic rings. The molecule has 0 aliphatic heterocycles. The number of hydrogen-bond acceptors (Lipinski definition) is 2. The first-order valence-corrected chi connectivity index (χ1v) is 5.78. The van der Waals surface area contributed by atoms with Gasteiger partial charge in [-0.05, 0) is 24.1 Å². The summed E-state index contributed by atoms with van der Waals surface area (Å²) >= 11 is 5.88. The average Bonchev–Trinajstić information content (AvgIpc) is 2.28. The van der Waals surface area contributed by atoms with Crippen molar-refractivity contribution in [1.82, 2.24) is 4.90 Å². The van der Waals surface area contributed by atoms with Gasteiger partial charge in [0.2, 0.25) is 5.91 Å². The number of nitrogens with zero attached hydrogens (tertiary/aromatic N) is 1. The van der Waals surface area contributed by atoms with Gasteiger partial charge in [-0.2, -0.15) is 0 Å². The van der Waals surface area contributed by atoms with Gasteiger partial charge < -0.3 is 10.6 Å². The van der Waals surface area contributed by atoms with Crippen LogP contribution in [0.25, 0.3) is 0 Å². The van der Waals surface area contributed by atoms with Gasteiger partial charge in [0.25, 0.3) is 0 Å². The van der Waals surface area contributed by atoms with Crippen LogP contribution < -0.4 is 5.73 Å². The number of hydrogen-bond donors (Lipinski definition) is 1. The minimum atomic E-state index is -0.517. The van der Waals surface area contributed by atoms with E-state index in [4.69, 9.17) is 17.3 Å². The largest absolute Gasteiger partial charge is 0.340 e. The molecule has 2 N–H and O–H groups in total. The highest BCUT2D eigenvalue weighted by atomic mass is 35.5. The molecule has 92 valence electrons. The standard InChI is InChI=1S/C13H17ClN2O/c1-3-5-12(15)13(17)16(2)9-10-6-4-7-11(14)8-10/h3-4,6-8,12H,1,5,9,15H2,2H3. The number of likely N-dealkylation sites (N-methyl/N-ethyl adjacent to an activating group) is 1. The van der Waals surface area contributed by atoms with Crippen LogP contribution in [0.1, 0.15) is 12.0 Å². The molecule has 1 amide bonds. The molecule has 0 aromatic heterocycles. The summed E-state index contributed by atoms with van der Waals surface area (Å²) in [6.07, 6.45) is 2.13. The van der Waals surface area contributed by atoms with Crippen LogP contribution in [-0.2, 0) is 11.3 Å². The molecule has 0 aliphatic carbocycles. The van der Waals surface area contributed by atoms with Crippen LogP contribution in [0, 0.1) is 0 Å². The Morgan fingerprint density at radius 3 is 2.94 bits per heavy atom. The highest BCUT2D eigenvalue weighted by Crippen LogP contribution is 2.12. The molecule has 1 aromatic rings. The average molecular weight is 253 g/mol. The quantitative estimate of drug-likeness (QED) is 0.817. The van der Waals surface area contributed by atoms with Crippen molar-refractivity contribution in [1.29, 1.82) is 0 Å². The van der Waals surface area contributed by atoms with E-state index in [0.717, 1.165) is 5.56 Å². The van der Waals surface area contributed by atoms with E-state index in [-0.39, 0.29) is 5.91 Å². The van der Waals surface area contributed by atoms with Crippen LogP contribution in [0.3, 0.4) is 0 Å². The first-order valence-electron chi connectivity index (χ1n) is 5.40.